The summed E-state index contributed by atoms with van der Waals surface area (Å²) in [4.78, 5) is 83.1. The number of aliphatic hydroxyl groups excluding tert-OH is 1. The Kier molecular flexibility index (Phi) is 21.8. The lowest BCUT2D eigenvalue weighted by Crippen LogP contribution is -2.61. The summed E-state index contributed by atoms with van der Waals surface area (Å²) < 4.78 is 34.8. The minimum Gasteiger partial charge on any atom is -0.462 e. The molecule has 4 aliphatic rings. The van der Waals surface area contributed by atoms with Gasteiger partial charge in [0, 0.05) is 58.5 Å². The molecule has 0 aromatic rings. The van der Waals surface area contributed by atoms with E-state index in [0.717, 1.165) is 5.57 Å². The summed E-state index contributed by atoms with van der Waals surface area (Å²) in [5, 5.41) is 23.4. The summed E-state index contributed by atoms with van der Waals surface area (Å²) in [5.74, 6) is -8.14. The first-order valence-electron chi connectivity index (χ1n) is 24.4. The van der Waals surface area contributed by atoms with Crippen LogP contribution in [0.1, 0.15) is 126 Å². The summed E-state index contributed by atoms with van der Waals surface area (Å²) in [6.07, 6.45) is 11.2. The Balaban J connectivity index is 1.70. The zero-order chi connectivity index (χ0) is 49.6. The first kappa shape index (κ1) is 55.7. The number of rotatable bonds is 8. The lowest BCUT2D eigenvalue weighted by molar-refractivity contribution is -0.265. The molecule has 67 heavy (non-hydrogen) atoms. The molecule has 2 saturated heterocycles. The number of allylic oxidation sites excluding steroid dienone is 6. The van der Waals surface area contributed by atoms with Crippen molar-refractivity contribution in [3.05, 3.63) is 47.6 Å². The van der Waals surface area contributed by atoms with Gasteiger partial charge in [0.2, 0.25) is 5.79 Å². The fraction of sp³-hybridized carbons (Fsp3) is 0.731. The Labute approximate surface area is 398 Å². The molecule has 2 bridgehead atoms. The second kappa shape index (κ2) is 26.2. The van der Waals surface area contributed by atoms with Crippen molar-refractivity contribution in [2.75, 3.05) is 27.9 Å². The molecule has 15 nitrogen and oxygen atoms in total. The number of fused-ring (bicyclic) bond motifs is 3. The molecule has 1 amide bonds. The van der Waals surface area contributed by atoms with Crippen LogP contribution >= 0.6 is 0 Å². The predicted molar refractivity (Wildman–Crippen MR) is 250 cm³/mol. The summed E-state index contributed by atoms with van der Waals surface area (Å²) in [6, 6.07) is -1.16. The van der Waals surface area contributed by atoms with Crippen molar-refractivity contribution in [2.24, 2.45) is 35.5 Å². The van der Waals surface area contributed by atoms with Crippen LogP contribution in [0.4, 0.5) is 0 Å². The molecule has 1 aliphatic carbocycles. The molecule has 0 radical (unpaired) electrons. The minimum absolute atomic E-state index is 0.0117. The molecule has 3 aliphatic heterocycles. The van der Waals surface area contributed by atoms with Crippen LogP contribution in [-0.2, 0) is 57.2 Å². The third-order valence-electron chi connectivity index (χ3n) is 14.7. The maximum Gasteiger partial charge on any atom is 0.329 e. The molecule has 0 aromatic carbocycles. The maximum absolute atomic E-state index is 14.4. The number of esters is 1. The quantitative estimate of drug-likeness (QED) is 0.118. The first-order valence-corrected chi connectivity index (χ1v) is 24.4. The van der Waals surface area contributed by atoms with Gasteiger partial charge in [-0.3, -0.25) is 24.0 Å². The van der Waals surface area contributed by atoms with Crippen LogP contribution in [0.25, 0.3) is 0 Å². The Bertz CT molecular complexity index is 1820. The second-order valence-electron chi connectivity index (χ2n) is 19.8. The number of ether oxygens (including phenoxy) is 6. The molecule has 3 heterocycles. The average molecular weight is 942 g/mol. The number of nitrogens with zero attached hydrogens (tertiary/aromatic N) is 1. The molecule has 15 heteroatoms. The van der Waals surface area contributed by atoms with Gasteiger partial charge in [-0.1, -0.05) is 71.1 Å². The molecule has 376 valence electrons. The highest BCUT2D eigenvalue weighted by Gasteiger charge is 2.53. The number of carbonyl (C=O) groups is 6. The number of piperidine rings is 1. The van der Waals surface area contributed by atoms with Gasteiger partial charge in [0.15, 0.2) is 5.78 Å². The Morgan fingerprint density at radius 2 is 1.60 bits per heavy atom. The van der Waals surface area contributed by atoms with Crippen molar-refractivity contribution in [3.63, 3.8) is 0 Å². The van der Waals surface area contributed by atoms with Crippen LogP contribution in [0, 0.1) is 35.5 Å². The largest absolute Gasteiger partial charge is 0.462 e. The standard InChI is InChI=1S/C52H79NO14/c1-31-16-12-11-13-17-32(2)43(62-8)28-39-21-19-37(7)52(61,67-39)49(58)50(59)53-23-15-14-18-40(53)51(60)66-44(34(4)26-38-20-22-42(65-30-54)45(27-38)63-9)29-41(55)33(3)25-36(6)47(57)48(64-10)46(56)35(5)24-31/h11-13,16-17,25,30-31,33-35,37-40,42-45,47-48,57,61H,14-15,18-24,26-29H2,1-10H3/b13-11+,16-12-,32-17+,36-25+/t31-,33-,34-,35-,37-,38+,39+,40+,42-,43+,44+,45+,47-,48+,52-/m1/s1. The molecule has 0 unspecified atom stereocenters. The molecule has 0 aromatic heterocycles. The van der Waals surface area contributed by atoms with E-state index in [1.54, 1.807) is 41.1 Å². The van der Waals surface area contributed by atoms with E-state index in [9.17, 15) is 39.0 Å². The third kappa shape index (κ3) is 14.8. The van der Waals surface area contributed by atoms with E-state index >= 15 is 0 Å². The van der Waals surface area contributed by atoms with Gasteiger partial charge in [0.1, 0.15) is 36.2 Å². The van der Waals surface area contributed by atoms with Gasteiger partial charge in [0.05, 0.1) is 18.3 Å². The van der Waals surface area contributed by atoms with Crippen molar-refractivity contribution in [1.29, 1.82) is 0 Å². The molecule has 15 atom stereocenters. The number of Topliss-reactive ketones (excluding diaryl/α,β-unsaturated/α-hetero) is 3. The highest BCUT2D eigenvalue weighted by Crippen LogP contribution is 2.38. The summed E-state index contributed by atoms with van der Waals surface area (Å²) in [6.45, 7) is 13.1. The smallest absolute Gasteiger partial charge is 0.329 e. The van der Waals surface area contributed by atoms with Crippen LogP contribution in [-0.4, -0.2) is 133 Å². The zero-order valence-electron chi connectivity index (χ0n) is 41.6. The lowest BCUT2D eigenvalue weighted by atomic mass is 9.78. The van der Waals surface area contributed by atoms with Gasteiger partial charge in [-0.25, -0.2) is 4.79 Å². The number of hydrogen-bond acceptors (Lipinski definition) is 14. The number of cyclic esters (lactones) is 1. The van der Waals surface area contributed by atoms with Crippen LogP contribution in [0.15, 0.2) is 47.6 Å². The lowest BCUT2D eigenvalue weighted by Gasteiger charge is -2.42. The summed E-state index contributed by atoms with van der Waals surface area (Å²) >= 11 is 0. The fourth-order valence-electron chi connectivity index (χ4n) is 10.3. The average Bonchev–Trinajstić information content (AvgIpc) is 3.30. The van der Waals surface area contributed by atoms with Crippen LogP contribution in [0.3, 0.4) is 0 Å². The number of aliphatic hydroxyl groups is 2. The summed E-state index contributed by atoms with van der Waals surface area (Å²) in [7, 11) is 4.51. The monoisotopic (exact) mass is 942 g/mol. The van der Waals surface area contributed by atoms with E-state index in [2.05, 4.69) is 0 Å². The van der Waals surface area contributed by atoms with E-state index in [1.165, 1.54) is 12.0 Å². The highest BCUT2D eigenvalue weighted by atomic mass is 16.6. The van der Waals surface area contributed by atoms with Crippen molar-refractivity contribution in [1.82, 2.24) is 4.90 Å². The maximum atomic E-state index is 14.4. The van der Waals surface area contributed by atoms with E-state index in [1.807, 2.05) is 58.1 Å². The number of amides is 1. The molecular formula is C52H79NO14. The van der Waals surface area contributed by atoms with E-state index in [-0.39, 0.29) is 60.9 Å². The van der Waals surface area contributed by atoms with Crippen molar-refractivity contribution >= 4 is 35.7 Å². The third-order valence-corrected chi connectivity index (χ3v) is 14.7. The molecular weight excluding hydrogens is 863 g/mol. The number of methoxy groups -OCH3 is 3. The van der Waals surface area contributed by atoms with Gasteiger partial charge < -0.3 is 43.5 Å². The Morgan fingerprint density at radius 3 is 2.27 bits per heavy atom. The van der Waals surface area contributed by atoms with Gasteiger partial charge >= 0.3 is 5.97 Å². The predicted octanol–water partition coefficient (Wildman–Crippen LogP) is 6.36. The summed E-state index contributed by atoms with van der Waals surface area (Å²) in [5.41, 5.74) is 1.25. The normalized spacial score (nSPS) is 39.4. The molecule has 2 N–H and O–H groups in total. The minimum atomic E-state index is -2.44. The van der Waals surface area contributed by atoms with Crippen LogP contribution in [0.2, 0.25) is 0 Å². The Hall–Kier alpha value is -3.86. The second-order valence-corrected chi connectivity index (χ2v) is 19.8. The zero-order valence-corrected chi connectivity index (χ0v) is 41.6. The van der Waals surface area contributed by atoms with Crippen molar-refractivity contribution in [2.45, 2.75) is 180 Å². The number of hydrogen-bond donors (Lipinski definition) is 2. The van der Waals surface area contributed by atoms with Crippen molar-refractivity contribution in [3.8, 4) is 0 Å². The van der Waals surface area contributed by atoms with Gasteiger partial charge in [0.25, 0.3) is 18.2 Å². The SMILES string of the molecule is CO[C@H]1C[C@@H]2CC[C@@H](C)[C@@](O)(O2)C(=O)C(=O)N2CCCC[C@H]2C(=O)O[C@H]([C@H](C)C[C@@H]2CC[C@@H](OC=O)[C@@H](OC)C2)CC(=O)[C@H](C)/C=C(\C)[C@@H](O)[C@@H](OC)C(=O)[C@H](C)C[C@H](C)\C=C/C=C/C=C/1C. The Morgan fingerprint density at radius 1 is 0.866 bits per heavy atom. The van der Waals surface area contributed by atoms with Gasteiger partial charge in [-0.05, 0) is 107 Å². The number of ketones is 3. The molecule has 1 saturated carbocycles. The fourth-order valence-corrected chi connectivity index (χ4v) is 10.3. The van der Waals surface area contributed by atoms with E-state index < -0.39 is 77.8 Å². The molecule has 4 rings (SSSR count). The number of carbonyl (C=O) groups excluding carboxylic acids is 6. The van der Waals surface area contributed by atoms with E-state index in [4.69, 9.17) is 28.4 Å². The van der Waals surface area contributed by atoms with Gasteiger partial charge in [-0.15, -0.1) is 0 Å². The van der Waals surface area contributed by atoms with Gasteiger partial charge in [-0.2, -0.15) is 0 Å². The van der Waals surface area contributed by atoms with Crippen LogP contribution in [0.5, 0.6) is 0 Å². The highest BCUT2D eigenvalue weighted by molar-refractivity contribution is 6.39. The molecule has 3 fully saturated rings. The molecule has 0 spiro atoms. The first-order chi connectivity index (χ1) is 31.8. The topological polar surface area (TPSA) is 201 Å². The van der Waals surface area contributed by atoms with E-state index in [0.29, 0.717) is 76.3 Å². The van der Waals surface area contributed by atoms with Crippen molar-refractivity contribution < 1.29 is 67.4 Å². The van der Waals surface area contributed by atoms with Crippen LogP contribution < -0.4 is 0 Å².